The summed E-state index contributed by atoms with van der Waals surface area (Å²) in [7, 11) is 1.38. The van der Waals surface area contributed by atoms with Gasteiger partial charge in [-0.25, -0.2) is 4.79 Å². The Bertz CT molecular complexity index is 491. The van der Waals surface area contributed by atoms with Crippen molar-refractivity contribution in [2.45, 2.75) is 6.42 Å². The quantitative estimate of drug-likeness (QED) is 0.840. The Labute approximate surface area is 110 Å². The summed E-state index contributed by atoms with van der Waals surface area (Å²) < 4.78 is 4.65. The number of esters is 1. The normalized spacial score (nSPS) is 10.1. The maximum absolute atomic E-state index is 11.3. The van der Waals surface area contributed by atoms with Crippen LogP contribution in [0.15, 0.2) is 41.8 Å². The first-order valence-electron chi connectivity index (χ1n) is 5.74. The molecule has 0 spiro atoms. The molecule has 1 N–H and O–H groups in total. The maximum Gasteiger partial charge on any atom is 0.337 e. The minimum atomic E-state index is -0.305. The van der Waals surface area contributed by atoms with E-state index in [1.807, 2.05) is 12.1 Å². The summed E-state index contributed by atoms with van der Waals surface area (Å²) in [5, 5.41) is 5.41. The molecule has 0 aliphatic heterocycles. The first kappa shape index (κ1) is 12.6. The SMILES string of the molecule is COC(=O)c1ccc(NCCc2cccs2)cc1. The molecule has 2 aromatic rings. The van der Waals surface area contributed by atoms with Crippen LogP contribution in [0.2, 0.25) is 0 Å². The molecule has 1 aromatic heterocycles. The molecule has 0 atom stereocenters. The van der Waals surface area contributed by atoms with Crippen molar-refractivity contribution in [3.63, 3.8) is 0 Å². The summed E-state index contributed by atoms with van der Waals surface area (Å²) in [4.78, 5) is 12.6. The molecule has 0 bridgehead atoms. The van der Waals surface area contributed by atoms with Crippen LogP contribution in [0.25, 0.3) is 0 Å². The van der Waals surface area contributed by atoms with E-state index in [1.165, 1.54) is 12.0 Å². The van der Waals surface area contributed by atoms with Gasteiger partial charge in [0, 0.05) is 17.1 Å². The fourth-order valence-corrected chi connectivity index (χ4v) is 2.34. The molecule has 3 nitrogen and oxygen atoms in total. The molecule has 1 aromatic carbocycles. The molecule has 0 unspecified atom stereocenters. The van der Waals surface area contributed by atoms with Gasteiger partial charge in [-0.2, -0.15) is 0 Å². The third kappa shape index (κ3) is 3.34. The summed E-state index contributed by atoms with van der Waals surface area (Å²) in [5.41, 5.74) is 1.58. The first-order chi connectivity index (χ1) is 8.79. The summed E-state index contributed by atoms with van der Waals surface area (Å²) in [6, 6.07) is 11.5. The average molecular weight is 261 g/mol. The van der Waals surface area contributed by atoms with E-state index in [9.17, 15) is 4.79 Å². The second kappa shape index (κ2) is 6.21. The molecule has 0 saturated carbocycles. The number of rotatable bonds is 5. The van der Waals surface area contributed by atoms with Crippen molar-refractivity contribution in [2.24, 2.45) is 0 Å². The van der Waals surface area contributed by atoms with Crippen LogP contribution in [0.3, 0.4) is 0 Å². The molecule has 0 aliphatic carbocycles. The smallest absolute Gasteiger partial charge is 0.337 e. The number of carbonyl (C=O) groups excluding carboxylic acids is 1. The van der Waals surface area contributed by atoms with E-state index < -0.39 is 0 Å². The average Bonchev–Trinajstić information content (AvgIpc) is 2.92. The fraction of sp³-hybridized carbons (Fsp3) is 0.214. The maximum atomic E-state index is 11.3. The number of methoxy groups -OCH3 is 1. The number of benzene rings is 1. The lowest BCUT2D eigenvalue weighted by molar-refractivity contribution is 0.0601. The van der Waals surface area contributed by atoms with Crippen molar-refractivity contribution in [2.75, 3.05) is 19.0 Å². The Hall–Kier alpha value is -1.81. The van der Waals surface area contributed by atoms with Gasteiger partial charge in [0.1, 0.15) is 0 Å². The van der Waals surface area contributed by atoms with E-state index in [2.05, 4.69) is 27.6 Å². The van der Waals surface area contributed by atoms with E-state index in [4.69, 9.17) is 0 Å². The molecule has 0 radical (unpaired) electrons. The van der Waals surface area contributed by atoms with Crippen molar-refractivity contribution in [3.8, 4) is 0 Å². The summed E-state index contributed by atoms with van der Waals surface area (Å²) in [6.45, 7) is 0.887. The lowest BCUT2D eigenvalue weighted by Gasteiger charge is -2.06. The van der Waals surface area contributed by atoms with Crippen LogP contribution in [-0.2, 0) is 11.2 Å². The molecule has 0 amide bonds. The van der Waals surface area contributed by atoms with Gasteiger partial charge in [-0.15, -0.1) is 11.3 Å². The van der Waals surface area contributed by atoms with Gasteiger partial charge >= 0.3 is 5.97 Å². The predicted molar refractivity (Wildman–Crippen MR) is 74.3 cm³/mol. The van der Waals surface area contributed by atoms with E-state index in [0.29, 0.717) is 5.56 Å². The summed E-state index contributed by atoms with van der Waals surface area (Å²) in [5.74, 6) is -0.305. The topological polar surface area (TPSA) is 38.3 Å². The Morgan fingerprint density at radius 3 is 2.67 bits per heavy atom. The zero-order valence-electron chi connectivity index (χ0n) is 10.2. The Kier molecular flexibility index (Phi) is 4.36. The van der Waals surface area contributed by atoms with E-state index >= 15 is 0 Å². The van der Waals surface area contributed by atoms with Gasteiger partial charge in [0.2, 0.25) is 0 Å². The van der Waals surface area contributed by atoms with Crippen LogP contribution in [-0.4, -0.2) is 19.6 Å². The van der Waals surface area contributed by atoms with Crippen LogP contribution in [0, 0.1) is 0 Å². The zero-order chi connectivity index (χ0) is 12.8. The number of anilines is 1. The Morgan fingerprint density at radius 2 is 2.06 bits per heavy atom. The van der Waals surface area contributed by atoms with Crippen LogP contribution in [0.4, 0.5) is 5.69 Å². The fourth-order valence-electron chi connectivity index (χ4n) is 1.63. The highest BCUT2D eigenvalue weighted by Gasteiger charge is 2.03. The molecule has 94 valence electrons. The van der Waals surface area contributed by atoms with Gasteiger partial charge in [0.15, 0.2) is 0 Å². The molecule has 0 fully saturated rings. The first-order valence-corrected chi connectivity index (χ1v) is 6.62. The molecule has 1 heterocycles. The minimum absolute atomic E-state index is 0.305. The highest BCUT2D eigenvalue weighted by molar-refractivity contribution is 7.09. The van der Waals surface area contributed by atoms with Gasteiger partial charge < -0.3 is 10.1 Å². The second-order valence-corrected chi connectivity index (χ2v) is 4.86. The van der Waals surface area contributed by atoms with Crippen LogP contribution >= 0.6 is 11.3 Å². The molecule has 0 saturated heterocycles. The second-order valence-electron chi connectivity index (χ2n) is 3.83. The minimum Gasteiger partial charge on any atom is -0.465 e. The van der Waals surface area contributed by atoms with Crippen molar-refractivity contribution < 1.29 is 9.53 Å². The molecular formula is C14H15NO2S. The molecular weight excluding hydrogens is 246 g/mol. The number of ether oxygens (including phenoxy) is 1. The van der Waals surface area contributed by atoms with E-state index in [0.717, 1.165) is 18.7 Å². The predicted octanol–water partition coefficient (Wildman–Crippen LogP) is 3.19. The highest BCUT2D eigenvalue weighted by Crippen LogP contribution is 2.12. The van der Waals surface area contributed by atoms with Crippen LogP contribution in [0.1, 0.15) is 15.2 Å². The standard InChI is InChI=1S/C14H15NO2S/c1-17-14(16)11-4-6-12(7-5-11)15-9-8-13-3-2-10-18-13/h2-7,10,15H,8-9H2,1H3. The largest absolute Gasteiger partial charge is 0.465 e. The van der Waals surface area contributed by atoms with Gasteiger partial charge in [-0.05, 0) is 42.1 Å². The molecule has 18 heavy (non-hydrogen) atoms. The molecule has 0 aliphatic rings. The van der Waals surface area contributed by atoms with Crippen molar-refractivity contribution in [1.82, 2.24) is 0 Å². The van der Waals surface area contributed by atoms with Gasteiger partial charge in [0.25, 0.3) is 0 Å². The van der Waals surface area contributed by atoms with E-state index in [1.54, 1.807) is 23.5 Å². The lowest BCUT2D eigenvalue weighted by atomic mass is 10.2. The molecule has 4 heteroatoms. The number of hydrogen-bond acceptors (Lipinski definition) is 4. The Balaban J connectivity index is 1.85. The van der Waals surface area contributed by atoms with Crippen LogP contribution < -0.4 is 5.32 Å². The highest BCUT2D eigenvalue weighted by atomic mass is 32.1. The number of hydrogen-bond donors (Lipinski definition) is 1. The monoisotopic (exact) mass is 261 g/mol. The number of carbonyl (C=O) groups is 1. The van der Waals surface area contributed by atoms with Crippen molar-refractivity contribution >= 4 is 23.0 Å². The lowest BCUT2D eigenvalue weighted by Crippen LogP contribution is -2.05. The van der Waals surface area contributed by atoms with Gasteiger partial charge in [0.05, 0.1) is 12.7 Å². The van der Waals surface area contributed by atoms with Gasteiger partial charge in [-0.3, -0.25) is 0 Å². The summed E-state index contributed by atoms with van der Waals surface area (Å²) >= 11 is 1.77. The van der Waals surface area contributed by atoms with Gasteiger partial charge in [-0.1, -0.05) is 6.07 Å². The van der Waals surface area contributed by atoms with E-state index in [-0.39, 0.29) is 5.97 Å². The van der Waals surface area contributed by atoms with Crippen molar-refractivity contribution in [1.29, 1.82) is 0 Å². The molecule has 2 rings (SSSR count). The number of nitrogens with one attached hydrogen (secondary N) is 1. The third-order valence-electron chi connectivity index (χ3n) is 2.59. The Morgan fingerprint density at radius 1 is 1.28 bits per heavy atom. The summed E-state index contributed by atoms with van der Waals surface area (Å²) in [6.07, 6.45) is 1.01. The number of thiophene rings is 1. The van der Waals surface area contributed by atoms with Crippen molar-refractivity contribution in [3.05, 3.63) is 52.2 Å². The zero-order valence-corrected chi connectivity index (χ0v) is 11.0. The third-order valence-corrected chi connectivity index (χ3v) is 3.52. The van der Waals surface area contributed by atoms with Crippen LogP contribution in [0.5, 0.6) is 0 Å².